The van der Waals surface area contributed by atoms with E-state index >= 15 is 0 Å². The topological polar surface area (TPSA) is 58.6 Å². The highest BCUT2D eigenvalue weighted by Crippen LogP contribution is 2.29. The average molecular weight is 319 g/mol. The van der Waals surface area contributed by atoms with E-state index in [1.807, 2.05) is 54.6 Å². The molecule has 1 amide bonds. The van der Waals surface area contributed by atoms with Gasteiger partial charge >= 0.3 is 0 Å². The van der Waals surface area contributed by atoms with Crippen molar-refractivity contribution in [2.75, 3.05) is 12.4 Å². The van der Waals surface area contributed by atoms with Crippen LogP contribution >= 0.6 is 0 Å². The van der Waals surface area contributed by atoms with Crippen LogP contribution in [0.1, 0.15) is 10.4 Å². The lowest BCUT2D eigenvalue weighted by atomic mass is 10.0. The average Bonchev–Trinajstić information content (AvgIpc) is 2.62. The van der Waals surface area contributed by atoms with Crippen molar-refractivity contribution in [3.05, 3.63) is 78.4 Å². The third-order valence-electron chi connectivity index (χ3n) is 3.71. The van der Waals surface area contributed by atoms with Gasteiger partial charge in [0.15, 0.2) is 0 Å². The largest absolute Gasteiger partial charge is 0.507 e. The molecule has 2 N–H and O–H groups in total. The monoisotopic (exact) mass is 319 g/mol. The van der Waals surface area contributed by atoms with Crippen LogP contribution in [0.3, 0.4) is 0 Å². The summed E-state index contributed by atoms with van der Waals surface area (Å²) in [6, 6.07) is 21.9. The lowest BCUT2D eigenvalue weighted by Gasteiger charge is -2.12. The molecule has 0 aliphatic rings. The molecule has 0 fully saturated rings. The van der Waals surface area contributed by atoms with Crippen LogP contribution in [0.2, 0.25) is 0 Å². The van der Waals surface area contributed by atoms with Gasteiger partial charge in [0.2, 0.25) is 0 Å². The number of phenols is 1. The third-order valence-corrected chi connectivity index (χ3v) is 3.71. The maximum atomic E-state index is 12.5. The van der Waals surface area contributed by atoms with Gasteiger partial charge in [-0.1, -0.05) is 48.5 Å². The van der Waals surface area contributed by atoms with Gasteiger partial charge in [-0.05, 0) is 23.8 Å². The first-order valence-electron chi connectivity index (χ1n) is 7.52. The molecule has 0 aliphatic heterocycles. The number of methoxy groups -OCH3 is 1. The molecule has 3 aromatic rings. The van der Waals surface area contributed by atoms with Crippen molar-refractivity contribution in [3.63, 3.8) is 0 Å². The molecule has 120 valence electrons. The molecule has 0 aromatic heterocycles. The second-order valence-electron chi connectivity index (χ2n) is 5.25. The molecule has 3 aromatic carbocycles. The first kappa shape index (κ1) is 15.6. The van der Waals surface area contributed by atoms with Crippen LogP contribution in [-0.4, -0.2) is 18.1 Å². The van der Waals surface area contributed by atoms with Gasteiger partial charge in [0.05, 0.1) is 12.7 Å². The summed E-state index contributed by atoms with van der Waals surface area (Å²) in [4.78, 5) is 12.5. The summed E-state index contributed by atoms with van der Waals surface area (Å²) in [6.45, 7) is 0. The minimum absolute atomic E-state index is 0.121. The highest BCUT2D eigenvalue weighted by atomic mass is 16.5. The van der Waals surface area contributed by atoms with E-state index in [-0.39, 0.29) is 17.2 Å². The molecule has 3 rings (SSSR count). The first-order chi connectivity index (χ1) is 11.7. The van der Waals surface area contributed by atoms with E-state index in [4.69, 9.17) is 4.74 Å². The summed E-state index contributed by atoms with van der Waals surface area (Å²) < 4.78 is 5.03. The van der Waals surface area contributed by atoms with Crippen molar-refractivity contribution in [3.8, 4) is 22.6 Å². The van der Waals surface area contributed by atoms with Gasteiger partial charge in [0.25, 0.3) is 5.91 Å². The standard InChI is InChI=1S/C20H17NO3/c1-24-15-11-12-17(19(22)13-15)20(23)21-18-10-6-5-9-16(18)14-7-3-2-4-8-14/h2-13,22H,1H3,(H,21,23). The summed E-state index contributed by atoms with van der Waals surface area (Å²) in [6.07, 6.45) is 0. The maximum absolute atomic E-state index is 12.5. The normalized spacial score (nSPS) is 10.2. The fourth-order valence-electron chi connectivity index (χ4n) is 2.48. The second-order valence-corrected chi connectivity index (χ2v) is 5.25. The number of benzene rings is 3. The molecule has 0 saturated carbocycles. The van der Waals surface area contributed by atoms with Gasteiger partial charge in [-0.2, -0.15) is 0 Å². The molecule has 4 nitrogen and oxygen atoms in total. The Balaban J connectivity index is 1.91. The quantitative estimate of drug-likeness (QED) is 0.753. The van der Waals surface area contributed by atoms with Gasteiger partial charge < -0.3 is 15.2 Å². The molecule has 0 bridgehead atoms. The number of carbonyl (C=O) groups is 1. The Morgan fingerprint density at radius 3 is 2.38 bits per heavy atom. The molecular formula is C20H17NO3. The number of para-hydroxylation sites is 1. The summed E-state index contributed by atoms with van der Waals surface area (Å²) in [5.74, 6) is -0.00341. The van der Waals surface area contributed by atoms with Crippen LogP contribution in [0.15, 0.2) is 72.8 Å². The minimum atomic E-state index is -0.376. The molecule has 0 aliphatic carbocycles. The lowest BCUT2D eigenvalue weighted by Crippen LogP contribution is -2.12. The van der Waals surface area contributed by atoms with Crippen molar-refractivity contribution in [1.82, 2.24) is 0 Å². The first-order valence-corrected chi connectivity index (χ1v) is 7.52. The fourth-order valence-corrected chi connectivity index (χ4v) is 2.48. The van der Waals surface area contributed by atoms with Gasteiger partial charge in [0.1, 0.15) is 11.5 Å². The highest BCUT2D eigenvalue weighted by Gasteiger charge is 2.14. The minimum Gasteiger partial charge on any atom is -0.507 e. The zero-order valence-corrected chi connectivity index (χ0v) is 13.2. The van der Waals surface area contributed by atoms with E-state index in [1.54, 1.807) is 6.07 Å². The van der Waals surface area contributed by atoms with Gasteiger partial charge in [0, 0.05) is 17.3 Å². The van der Waals surface area contributed by atoms with E-state index in [1.165, 1.54) is 19.2 Å². The molecule has 0 atom stereocenters. The molecule has 0 heterocycles. The maximum Gasteiger partial charge on any atom is 0.259 e. The summed E-state index contributed by atoms with van der Waals surface area (Å²) >= 11 is 0. The highest BCUT2D eigenvalue weighted by molar-refractivity contribution is 6.08. The molecule has 0 radical (unpaired) electrons. The Bertz CT molecular complexity index is 860. The predicted molar refractivity (Wildman–Crippen MR) is 94.5 cm³/mol. The summed E-state index contributed by atoms with van der Waals surface area (Å²) in [5.41, 5.74) is 2.80. The predicted octanol–water partition coefficient (Wildman–Crippen LogP) is 4.32. The van der Waals surface area contributed by atoms with Gasteiger partial charge in [-0.15, -0.1) is 0 Å². The lowest BCUT2D eigenvalue weighted by molar-refractivity contribution is 0.102. The number of hydrogen-bond acceptors (Lipinski definition) is 3. The Hall–Kier alpha value is -3.27. The Labute approximate surface area is 140 Å². The number of ether oxygens (including phenoxy) is 1. The summed E-state index contributed by atoms with van der Waals surface area (Å²) in [5, 5.41) is 12.9. The van der Waals surface area contributed by atoms with Crippen molar-refractivity contribution >= 4 is 11.6 Å². The number of rotatable bonds is 4. The molecule has 0 spiro atoms. The van der Waals surface area contributed by atoms with Crippen LogP contribution in [0.4, 0.5) is 5.69 Å². The number of amides is 1. The number of phenolic OH excluding ortho intramolecular Hbond substituents is 1. The molecule has 0 saturated heterocycles. The van der Waals surface area contributed by atoms with Crippen molar-refractivity contribution < 1.29 is 14.6 Å². The Morgan fingerprint density at radius 1 is 0.958 bits per heavy atom. The number of anilines is 1. The van der Waals surface area contributed by atoms with Crippen LogP contribution < -0.4 is 10.1 Å². The van der Waals surface area contributed by atoms with E-state index < -0.39 is 0 Å². The molecule has 4 heteroatoms. The smallest absolute Gasteiger partial charge is 0.259 e. The van der Waals surface area contributed by atoms with E-state index in [9.17, 15) is 9.90 Å². The molecule has 0 unspecified atom stereocenters. The van der Waals surface area contributed by atoms with Crippen LogP contribution in [0.25, 0.3) is 11.1 Å². The number of aromatic hydroxyl groups is 1. The van der Waals surface area contributed by atoms with Crippen molar-refractivity contribution in [1.29, 1.82) is 0 Å². The second kappa shape index (κ2) is 6.87. The van der Waals surface area contributed by atoms with Gasteiger partial charge in [-0.3, -0.25) is 4.79 Å². The zero-order valence-electron chi connectivity index (χ0n) is 13.2. The molecular weight excluding hydrogens is 302 g/mol. The van der Waals surface area contributed by atoms with Gasteiger partial charge in [-0.25, -0.2) is 0 Å². The van der Waals surface area contributed by atoms with Crippen molar-refractivity contribution in [2.24, 2.45) is 0 Å². The van der Waals surface area contributed by atoms with Crippen LogP contribution in [0.5, 0.6) is 11.5 Å². The Kier molecular flexibility index (Phi) is 4.47. The SMILES string of the molecule is COc1ccc(C(=O)Nc2ccccc2-c2ccccc2)c(O)c1. The fraction of sp³-hybridized carbons (Fsp3) is 0.0500. The Morgan fingerprint density at radius 2 is 1.67 bits per heavy atom. The third kappa shape index (κ3) is 3.22. The van der Waals surface area contributed by atoms with E-state index in [0.717, 1.165) is 11.1 Å². The van der Waals surface area contributed by atoms with E-state index in [0.29, 0.717) is 11.4 Å². The number of nitrogens with one attached hydrogen (secondary N) is 1. The molecule has 24 heavy (non-hydrogen) atoms. The van der Waals surface area contributed by atoms with E-state index in [2.05, 4.69) is 5.32 Å². The number of hydrogen-bond donors (Lipinski definition) is 2. The van der Waals surface area contributed by atoms with Crippen LogP contribution in [0, 0.1) is 0 Å². The van der Waals surface area contributed by atoms with Crippen LogP contribution in [-0.2, 0) is 0 Å². The zero-order chi connectivity index (χ0) is 16.9. The number of carbonyl (C=O) groups excluding carboxylic acids is 1. The summed E-state index contributed by atoms with van der Waals surface area (Å²) in [7, 11) is 1.50. The van der Waals surface area contributed by atoms with Crippen molar-refractivity contribution in [2.45, 2.75) is 0 Å².